The number of nitrogens with zero attached hydrogens (tertiary/aromatic N) is 1. The molecule has 1 aliphatic heterocycles. The summed E-state index contributed by atoms with van der Waals surface area (Å²) < 4.78 is 2.77. The van der Waals surface area contributed by atoms with Gasteiger partial charge in [0.25, 0.3) is 0 Å². The summed E-state index contributed by atoms with van der Waals surface area (Å²) in [5.74, 6) is 0. The molecule has 2 aliphatic rings. The Balaban J connectivity index is 1.96. The van der Waals surface area contributed by atoms with Gasteiger partial charge in [-0.05, 0) is 63.0 Å². The van der Waals surface area contributed by atoms with Crippen molar-refractivity contribution < 1.29 is 0 Å². The molecule has 3 rings (SSSR count). The van der Waals surface area contributed by atoms with Crippen molar-refractivity contribution in [3.8, 4) is 0 Å². The average Bonchev–Trinajstić information content (AvgIpc) is 2.81. The van der Waals surface area contributed by atoms with E-state index in [-0.39, 0.29) is 0 Å². The molecule has 0 amide bonds. The Morgan fingerprint density at radius 2 is 1.15 bits per heavy atom. The van der Waals surface area contributed by atoms with Crippen molar-refractivity contribution >= 4 is 0 Å². The molecule has 2 heterocycles. The van der Waals surface area contributed by atoms with Crippen molar-refractivity contribution in [3.63, 3.8) is 0 Å². The van der Waals surface area contributed by atoms with Crippen molar-refractivity contribution in [2.45, 2.75) is 96.9 Å². The van der Waals surface area contributed by atoms with Crippen LogP contribution in [0.15, 0.2) is 0 Å². The van der Waals surface area contributed by atoms with Crippen LogP contribution in [0.3, 0.4) is 0 Å². The monoisotopic (exact) mass is 273 g/mol. The summed E-state index contributed by atoms with van der Waals surface area (Å²) in [6.45, 7) is 3.71. The Labute approximate surface area is 124 Å². The van der Waals surface area contributed by atoms with Crippen LogP contribution in [0.2, 0.25) is 0 Å². The van der Waals surface area contributed by atoms with Crippen molar-refractivity contribution in [2.24, 2.45) is 0 Å². The summed E-state index contributed by atoms with van der Waals surface area (Å²) in [4.78, 5) is 0. The van der Waals surface area contributed by atoms with E-state index in [0.717, 1.165) is 0 Å². The maximum absolute atomic E-state index is 2.77. The lowest BCUT2D eigenvalue weighted by molar-refractivity contribution is 0.562. The molecule has 0 unspecified atom stereocenters. The molecule has 0 aromatic carbocycles. The summed E-state index contributed by atoms with van der Waals surface area (Å²) in [6.07, 6.45) is 18.3. The molecule has 1 aromatic heterocycles. The lowest BCUT2D eigenvalue weighted by Crippen LogP contribution is -2.08. The van der Waals surface area contributed by atoms with E-state index >= 15 is 0 Å². The minimum absolute atomic E-state index is 1.30. The summed E-state index contributed by atoms with van der Waals surface area (Å²) in [5.41, 5.74) is 6.87. The van der Waals surface area contributed by atoms with Gasteiger partial charge in [0.15, 0.2) is 0 Å². The fraction of sp³-hybridized carbons (Fsp3) is 0.789. The van der Waals surface area contributed by atoms with Crippen LogP contribution < -0.4 is 0 Å². The van der Waals surface area contributed by atoms with E-state index in [1.165, 1.54) is 90.0 Å². The molecular weight excluding hydrogens is 242 g/mol. The van der Waals surface area contributed by atoms with Crippen molar-refractivity contribution in [1.29, 1.82) is 0 Å². The summed E-state index contributed by atoms with van der Waals surface area (Å²) in [5, 5.41) is 0. The zero-order valence-electron chi connectivity index (χ0n) is 13.3. The summed E-state index contributed by atoms with van der Waals surface area (Å²) >= 11 is 0. The molecule has 0 N–H and O–H groups in total. The molecule has 20 heavy (non-hydrogen) atoms. The minimum atomic E-state index is 1.30. The lowest BCUT2D eigenvalue weighted by Gasteiger charge is -2.13. The van der Waals surface area contributed by atoms with Crippen LogP contribution in [0.5, 0.6) is 0 Å². The van der Waals surface area contributed by atoms with Gasteiger partial charge in [-0.1, -0.05) is 38.5 Å². The molecular formula is C19H31N. The van der Waals surface area contributed by atoms with Gasteiger partial charge in [-0.3, -0.25) is 0 Å². The van der Waals surface area contributed by atoms with E-state index in [4.69, 9.17) is 0 Å². The first kappa shape index (κ1) is 14.2. The van der Waals surface area contributed by atoms with Crippen molar-refractivity contribution in [1.82, 2.24) is 4.57 Å². The highest BCUT2D eigenvalue weighted by molar-refractivity contribution is 5.38. The van der Waals surface area contributed by atoms with Crippen LogP contribution in [-0.2, 0) is 25.8 Å². The van der Waals surface area contributed by atoms with E-state index in [0.29, 0.717) is 0 Å². The number of fused-ring (bicyclic) bond motifs is 3. The van der Waals surface area contributed by atoms with E-state index in [1.807, 2.05) is 0 Å². The van der Waals surface area contributed by atoms with Gasteiger partial charge in [0.05, 0.1) is 0 Å². The Morgan fingerprint density at radius 3 is 1.90 bits per heavy atom. The Hall–Kier alpha value is -0.720. The van der Waals surface area contributed by atoms with Crippen LogP contribution in [0.4, 0.5) is 0 Å². The summed E-state index contributed by atoms with van der Waals surface area (Å²) in [7, 11) is 0. The molecule has 0 atom stereocenters. The van der Waals surface area contributed by atoms with Crippen molar-refractivity contribution in [2.75, 3.05) is 0 Å². The largest absolute Gasteiger partial charge is 0.348 e. The second-order valence-electron chi connectivity index (χ2n) is 6.93. The second kappa shape index (κ2) is 6.83. The minimum Gasteiger partial charge on any atom is -0.348 e. The summed E-state index contributed by atoms with van der Waals surface area (Å²) in [6, 6.07) is 0. The third-order valence-corrected chi connectivity index (χ3v) is 5.52. The Bertz CT molecular complexity index is 402. The third kappa shape index (κ3) is 2.97. The normalized spacial score (nSPS) is 21.4. The molecule has 0 saturated heterocycles. The zero-order valence-corrected chi connectivity index (χ0v) is 13.3. The van der Waals surface area contributed by atoms with Gasteiger partial charge in [0, 0.05) is 17.9 Å². The second-order valence-corrected chi connectivity index (χ2v) is 6.93. The van der Waals surface area contributed by atoms with E-state index < -0.39 is 0 Å². The Morgan fingerprint density at radius 1 is 0.600 bits per heavy atom. The molecule has 1 heteroatoms. The van der Waals surface area contributed by atoms with Gasteiger partial charge in [0.1, 0.15) is 0 Å². The average molecular weight is 273 g/mol. The van der Waals surface area contributed by atoms with Gasteiger partial charge < -0.3 is 4.57 Å². The number of hydrogen-bond acceptors (Lipinski definition) is 0. The van der Waals surface area contributed by atoms with Crippen molar-refractivity contribution in [3.05, 3.63) is 22.5 Å². The van der Waals surface area contributed by atoms with Gasteiger partial charge in [-0.25, -0.2) is 0 Å². The third-order valence-electron chi connectivity index (χ3n) is 5.52. The fourth-order valence-corrected chi connectivity index (χ4v) is 4.35. The lowest BCUT2D eigenvalue weighted by atomic mass is 10.0. The van der Waals surface area contributed by atoms with Crippen LogP contribution >= 0.6 is 0 Å². The number of aromatic nitrogens is 1. The number of rotatable bonds is 0. The van der Waals surface area contributed by atoms with Gasteiger partial charge >= 0.3 is 0 Å². The van der Waals surface area contributed by atoms with Crippen LogP contribution in [0.1, 0.15) is 86.7 Å². The molecule has 1 nitrogen and oxygen atoms in total. The van der Waals surface area contributed by atoms with Gasteiger partial charge in [-0.15, -0.1) is 0 Å². The molecule has 0 fully saturated rings. The standard InChI is InChI=1S/C19H31N/c1-16-17-12-8-4-2-5-10-14-19(17)20-15-11-7-3-6-9-13-18(16)20/h2-15H2,1H3. The molecule has 0 radical (unpaired) electrons. The molecule has 1 aromatic rings. The van der Waals surface area contributed by atoms with E-state index in [1.54, 1.807) is 22.5 Å². The maximum Gasteiger partial charge on any atom is 0.0225 e. The highest BCUT2D eigenvalue weighted by Gasteiger charge is 2.20. The van der Waals surface area contributed by atoms with Crippen LogP contribution in [-0.4, -0.2) is 4.57 Å². The zero-order chi connectivity index (χ0) is 13.8. The molecule has 1 aliphatic carbocycles. The highest BCUT2D eigenvalue weighted by Crippen LogP contribution is 2.30. The predicted octanol–water partition coefficient (Wildman–Crippen LogP) is 5.35. The van der Waals surface area contributed by atoms with Crippen LogP contribution in [0.25, 0.3) is 0 Å². The SMILES string of the molecule is Cc1c2c(n3c1CCCCCCC3)CCCCCCC2. The topological polar surface area (TPSA) is 4.93 Å². The Kier molecular flexibility index (Phi) is 4.86. The first-order valence-corrected chi connectivity index (χ1v) is 9.07. The number of hydrogen-bond donors (Lipinski definition) is 0. The molecule has 0 bridgehead atoms. The van der Waals surface area contributed by atoms with E-state index in [2.05, 4.69) is 11.5 Å². The maximum atomic E-state index is 2.77. The predicted molar refractivity (Wildman–Crippen MR) is 86.5 cm³/mol. The highest BCUT2D eigenvalue weighted by atomic mass is 15.0. The van der Waals surface area contributed by atoms with Crippen LogP contribution in [0, 0.1) is 6.92 Å². The smallest absolute Gasteiger partial charge is 0.0225 e. The van der Waals surface area contributed by atoms with Gasteiger partial charge in [0.2, 0.25) is 0 Å². The first-order valence-electron chi connectivity index (χ1n) is 9.07. The molecule has 112 valence electrons. The quantitative estimate of drug-likeness (QED) is 0.600. The van der Waals surface area contributed by atoms with Gasteiger partial charge in [-0.2, -0.15) is 0 Å². The first-order chi connectivity index (χ1) is 9.88. The molecule has 0 saturated carbocycles. The van der Waals surface area contributed by atoms with E-state index in [9.17, 15) is 0 Å². The molecule has 0 spiro atoms. The fourth-order valence-electron chi connectivity index (χ4n) is 4.35.